The average Bonchev–Trinajstić information content (AvgIpc) is 2.53. The van der Waals surface area contributed by atoms with Crippen LogP contribution >= 0.6 is 0 Å². The van der Waals surface area contributed by atoms with Gasteiger partial charge in [0.1, 0.15) is 0 Å². The van der Waals surface area contributed by atoms with E-state index in [1.165, 1.54) is 0 Å². The summed E-state index contributed by atoms with van der Waals surface area (Å²) < 4.78 is 10.0. The molecular formula is C8H15N3O2. The predicted octanol–water partition coefficient (Wildman–Crippen LogP) is 0.148. The third-order valence-corrected chi connectivity index (χ3v) is 1.74. The molecule has 5 nitrogen and oxygen atoms in total. The molecule has 1 rings (SSSR count). The molecule has 1 heterocycles. The van der Waals surface area contributed by atoms with Gasteiger partial charge in [-0.1, -0.05) is 5.16 Å². The smallest absolute Gasteiger partial charge is 0.227 e. The second-order valence-electron chi connectivity index (χ2n) is 2.89. The quantitative estimate of drug-likeness (QED) is 0.706. The first-order valence-corrected chi connectivity index (χ1v) is 4.30. The molecule has 1 aromatic heterocycles. The molecule has 74 valence electrons. The van der Waals surface area contributed by atoms with Gasteiger partial charge in [0.25, 0.3) is 0 Å². The third-order valence-electron chi connectivity index (χ3n) is 1.74. The van der Waals surface area contributed by atoms with Crippen molar-refractivity contribution in [2.24, 2.45) is 5.73 Å². The molecule has 0 aromatic carbocycles. The van der Waals surface area contributed by atoms with E-state index >= 15 is 0 Å². The van der Waals surface area contributed by atoms with Crippen LogP contribution in [0, 0.1) is 0 Å². The fraction of sp³-hybridized carbons (Fsp3) is 0.750. The van der Waals surface area contributed by atoms with Gasteiger partial charge in [0.2, 0.25) is 5.89 Å². The highest BCUT2D eigenvalue weighted by Crippen LogP contribution is 2.02. The minimum absolute atomic E-state index is 0.114. The molecule has 1 unspecified atom stereocenters. The molecule has 0 aliphatic carbocycles. The Morgan fingerprint density at radius 1 is 1.62 bits per heavy atom. The maximum absolute atomic E-state index is 5.34. The van der Waals surface area contributed by atoms with E-state index in [9.17, 15) is 0 Å². The van der Waals surface area contributed by atoms with Gasteiger partial charge in [-0.15, -0.1) is 0 Å². The maximum atomic E-state index is 5.34. The molecule has 0 bridgehead atoms. The van der Waals surface area contributed by atoms with Crippen LogP contribution in [-0.2, 0) is 17.6 Å². The second kappa shape index (κ2) is 4.94. The lowest BCUT2D eigenvalue weighted by Crippen LogP contribution is -2.10. The van der Waals surface area contributed by atoms with Crippen LogP contribution in [-0.4, -0.2) is 29.9 Å². The molecule has 0 aliphatic rings. The molecule has 5 heteroatoms. The van der Waals surface area contributed by atoms with Crippen LogP contribution < -0.4 is 5.73 Å². The highest BCUT2D eigenvalue weighted by Gasteiger charge is 2.08. The van der Waals surface area contributed by atoms with Crippen LogP contribution in [0.3, 0.4) is 0 Å². The lowest BCUT2D eigenvalue weighted by molar-refractivity contribution is 0.116. The Hall–Kier alpha value is -0.940. The number of aromatic nitrogens is 2. The Kier molecular flexibility index (Phi) is 3.85. The van der Waals surface area contributed by atoms with Crippen molar-refractivity contribution < 1.29 is 9.26 Å². The summed E-state index contributed by atoms with van der Waals surface area (Å²) in [6, 6.07) is 0. The normalized spacial score (nSPS) is 13.2. The van der Waals surface area contributed by atoms with Gasteiger partial charge < -0.3 is 15.0 Å². The van der Waals surface area contributed by atoms with Gasteiger partial charge in [0.15, 0.2) is 5.82 Å². The standard InChI is InChI=1S/C8H15N3O2/c1-6(12-2)5-7-10-8(3-4-9)13-11-7/h6H,3-5,9H2,1-2H3. The second-order valence-corrected chi connectivity index (χ2v) is 2.89. The van der Waals surface area contributed by atoms with E-state index in [1.807, 2.05) is 6.92 Å². The van der Waals surface area contributed by atoms with Crippen LogP contribution in [0.15, 0.2) is 4.52 Å². The summed E-state index contributed by atoms with van der Waals surface area (Å²) in [6.07, 6.45) is 1.42. The Morgan fingerprint density at radius 3 is 3.00 bits per heavy atom. The molecule has 0 spiro atoms. The maximum Gasteiger partial charge on any atom is 0.227 e. The van der Waals surface area contributed by atoms with E-state index in [2.05, 4.69) is 10.1 Å². The van der Waals surface area contributed by atoms with Crippen LogP contribution in [0.5, 0.6) is 0 Å². The number of ether oxygens (including phenoxy) is 1. The molecule has 0 radical (unpaired) electrons. The zero-order chi connectivity index (χ0) is 9.68. The first-order valence-electron chi connectivity index (χ1n) is 4.30. The van der Waals surface area contributed by atoms with Crippen LogP contribution in [0.2, 0.25) is 0 Å². The molecular weight excluding hydrogens is 170 g/mol. The fourth-order valence-electron chi connectivity index (χ4n) is 0.939. The van der Waals surface area contributed by atoms with Crippen molar-refractivity contribution in [3.05, 3.63) is 11.7 Å². The zero-order valence-electron chi connectivity index (χ0n) is 7.99. The molecule has 0 aliphatic heterocycles. The summed E-state index contributed by atoms with van der Waals surface area (Å²) in [5.74, 6) is 1.28. The summed E-state index contributed by atoms with van der Waals surface area (Å²) in [5, 5.41) is 3.80. The van der Waals surface area contributed by atoms with Crippen molar-refractivity contribution in [3.8, 4) is 0 Å². The Labute approximate surface area is 77.3 Å². The molecule has 2 N–H and O–H groups in total. The van der Waals surface area contributed by atoms with Crippen LogP contribution in [0.4, 0.5) is 0 Å². The van der Waals surface area contributed by atoms with E-state index < -0.39 is 0 Å². The number of rotatable bonds is 5. The van der Waals surface area contributed by atoms with E-state index in [0.717, 1.165) is 0 Å². The topological polar surface area (TPSA) is 74.2 Å². The predicted molar refractivity (Wildman–Crippen MR) is 47.2 cm³/mol. The lowest BCUT2D eigenvalue weighted by Gasteiger charge is -2.03. The van der Waals surface area contributed by atoms with Crippen LogP contribution in [0.1, 0.15) is 18.6 Å². The van der Waals surface area contributed by atoms with E-state index in [1.54, 1.807) is 7.11 Å². The summed E-state index contributed by atoms with van der Waals surface area (Å²) >= 11 is 0. The van der Waals surface area contributed by atoms with Gasteiger partial charge in [0, 0.05) is 26.5 Å². The summed E-state index contributed by atoms with van der Waals surface area (Å²) in [5.41, 5.74) is 5.34. The molecule has 1 atom stereocenters. The number of methoxy groups -OCH3 is 1. The van der Waals surface area contributed by atoms with Crippen molar-refractivity contribution in [2.75, 3.05) is 13.7 Å². The Morgan fingerprint density at radius 2 is 2.38 bits per heavy atom. The minimum Gasteiger partial charge on any atom is -0.381 e. The van der Waals surface area contributed by atoms with Crippen molar-refractivity contribution >= 4 is 0 Å². The van der Waals surface area contributed by atoms with E-state index in [0.29, 0.717) is 31.1 Å². The van der Waals surface area contributed by atoms with Crippen molar-refractivity contribution in [1.82, 2.24) is 10.1 Å². The number of nitrogens with two attached hydrogens (primary N) is 1. The molecule has 0 amide bonds. The highest BCUT2D eigenvalue weighted by atomic mass is 16.5. The zero-order valence-corrected chi connectivity index (χ0v) is 7.99. The van der Waals surface area contributed by atoms with E-state index in [4.69, 9.17) is 15.0 Å². The Balaban J connectivity index is 2.48. The van der Waals surface area contributed by atoms with Gasteiger partial charge in [-0.25, -0.2) is 0 Å². The molecule has 0 saturated carbocycles. The highest BCUT2D eigenvalue weighted by molar-refractivity contribution is 4.88. The van der Waals surface area contributed by atoms with Crippen LogP contribution in [0.25, 0.3) is 0 Å². The fourth-order valence-corrected chi connectivity index (χ4v) is 0.939. The molecule has 13 heavy (non-hydrogen) atoms. The van der Waals surface area contributed by atoms with Gasteiger partial charge in [0.05, 0.1) is 6.10 Å². The SMILES string of the molecule is COC(C)Cc1noc(CCN)n1. The van der Waals surface area contributed by atoms with Gasteiger partial charge in [-0.3, -0.25) is 0 Å². The first kappa shape index (κ1) is 10.1. The van der Waals surface area contributed by atoms with Gasteiger partial charge in [-0.05, 0) is 6.92 Å². The van der Waals surface area contributed by atoms with Crippen molar-refractivity contribution in [3.63, 3.8) is 0 Å². The summed E-state index contributed by atoms with van der Waals surface area (Å²) in [7, 11) is 1.66. The minimum atomic E-state index is 0.114. The summed E-state index contributed by atoms with van der Waals surface area (Å²) in [6.45, 7) is 2.49. The molecule has 0 saturated heterocycles. The van der Waals surface area contributed by atoms with Gasteiger partial charge >= 0.3 is 0 Å². The largest absolute Gasteiger partial charge is 0.381 e. The number of hydrogen-bond donors (Lipinski definition) is 1. The van der Waals surface area contributed by atoms with Crippen molar-refractivity contribution in [1.29, 1.82) is 0 Å². The number of hydrogen-bond acceptors (Lipinski definition) is 5. The number of nitrogens with zero attached hydrogens (tertiary/aromatic N) is 2. The molecule has 0 fully saturated rings. The average molecular weight is 185 g/mol. The lowest BCUT2D eigenvalue weighted by atomic mass is 10.3. The van der Waals surface area contributed by atoms with Gasteiger partial charge in [-0.2, -0.15) is 4.98 Å². The monoisotopic (exact) mass is 185 g/mol. The Bertz CT molecular complexity index is 249. The van der Waals surface area contributed by atoms with E-state index in [-0.39, 0.29) is 6.10 Å². The van der Waals surface area contributed by atoms with Crippen molar-refractivity contribution in [2.45, 2.75) is 25.9 Å². The molecule has 1 aromatic rings. The first-order chi connectivity index (χ1) is 6.26. The third kappa shape index (κ3) is 3.12. The summed E-state index contributed by atoms with van der Waals surface area (Å²) in [4.78, 5) is 4.15.